The number of carbonyl (C=O) groups excluding carboxylic acids is 1. The number of sulfonamides is 1. The molecule has 0 radical (unpaired) electrons. The molecular weight excluding hydrogens is 407 g/mol. The van der Waals surface area contributed by atoms with E-state index in [1.807, 2.05) is 0 Å². The third-order valence-electron chi connectivity index (χ3n) is 4.25. The largest absolute Gasteiger partial charge is 0.467 e. The molecule has 1 aromatic heterocycles. The van der Waals surface area contributed by atoms with E-state index in [0.717, 1.165) is 12.1 Å². The van der Waals surface area contributed by atoms with E-state index in [0.29, 0.717) is 17.0 Å². The van der Waals surface area contributed by atoms with Gasteiger partial charge >= 0.3 is 0 Å². The van der Waals surface area contributed by atoms with Gasteiger partial charge in [0.05, 0.1) is 30.7 Å². The Morgan fingerprint density at radius 3 is 2.40 bits per heavy atom. The van der Waals surface area contributed by atoms with Crippen LogP contribution in [0.2, 0.25) is 0 Å². The van der Waals surface area contributed by atoms with Crippen LogP contribution in [-0.2, 0) is 27.8 Å². The monoisotopic (exact) mass is 426 g/mol. The summed E-state index contributed by atoms with van der Waals surface area (Å²) in [6.45, 7) is 0.417. The number of halogens is 1. The molecule has 0 unspecified atom stereocenters. The molecule has 3 aromatic rings. The predicted octanol–water partition coefficient (Wildman–Crippen LogP) is 3.42. The fraction of sp³-hybridized carbons (Fsp3) is 0.136. The molecular formula is C22H19FN2O4S. The molecule has 0 saturated carbocycles. The fourth-order valence-electron chi connectivity index (χ4n) is 2.74. The van der Waals surface area contributed by atoms with Crippen molar-refractivity contribution < 1.29 is 22.0 Å². The number of hydrogen-bond acceptors (Lipinski definition) is 4. The van der Waals surface area contributed by atoms with Crippen LogP contribution in [0.4, 0.5) is 10.1 Å². The van der Waals surface area contributed by atoms with Gasteiger partial charge in [0.25, 0.3) is 10.0 Å². The summed E-state index contributed by atoms with van der Waals surface area (Å²) in [6.07, 6.45) is 7.00. The molecule has 0 bridgehead atoms. The smallest absolute Gasteiger partial charge is 0.261 e. The number of amides is 1. The second kappa shape index (κ2) is 9.29. The predicted molar refractivity (Wildman–Crippen MR) is 110 cm³/mol. The molecule has 3 rings (SSSR count). The van der Waals surface area contributed by atoms with Gasteiger partial charge < -0.3 is 9.32 Å². The fourth-order valence-corrected chi connectivity index (χ4v) is 3.80. The molecule has 0 aliphatic rings. The molecule has 0 aliphatic heterocycles. The SMILES string of the molecule is C#CCN(Cc1ccco1)C(=O)Cc1ccc(NS(=O)(=O)c2ccc(F)cc2)cc1. The van der Waals surface area contributed by atoms with Crippen molar-refractivity contribution in [3.8, 4) is 12.3 Å². The maximum absolute atomic E-state index is 13.0. The van der Waals surface area contributed by atoms with Crippen molar-refractivity contribution in [1.29, 1.82) is 0 Å². The molecule has 8 heteroatoms. The number of terminal acetylenes is 1. The molecule has 0 saturated heterocycles. The molecule has 0 spiro atoms. The first-order valence-electron chi connectivity index (χ1n) is 8.98. The van der Waals surface area contributed by atoms with E-state index in [1.165, 1.54) is 23.3 Å². The van der Waals surface area contributed by atoms with Gasteiger partial charge in [-0.2, -0.15) is 0 Å². The van der Waals surface area contributed by atoms with Crippen LogP contribution in [0, 0.1) is 18.2 Å². The van der Waals surface area contributed by atoms with Gasteiger partial charge in [-0.15, -0.1) is 6.42 Å². The maximum Gasteiger partial charge on any atom is 0.261 e. The first-order chi connectivity index (χ1) is 14.4. The zero-order valence-electron chi connectivity index (χ0n) is 15.9. The van der Waals surface area contributed by atoms with E-state index >= 15 is 0 Å². The summed E-state index contributed by atoms with van der Waals surface area (Å²) < 4.78 is 45.4. The second-order valence-corrected chi connectivity index (χ2v) is 8.15. The lowest BCUT2D eigenvalue weighted by atomic mass is 10.1. The summed E-state index contributed by atoms with van der Waals surface area (Å²) >= 11 is 0. The van der Waals surface area contributed by atoms with Crippen LogP contribution in [0.15, 0.2) is 76.2 Å². The number of furan rings is 1. The van der Waals surface area contributed by atoms with E-state index in [4.69, 9.17) is 10.8 Å². The van der Waals surface area contributed by atoms with E-state index < -0.39 is 15.8 Å². The number of nitrogens with one attached hydrogen (secondary N) is 1. The van der Waals surface area contributed by atoms with Gasteiger partial charge in [0.15, 0.2) is 0 Å². The quantitative estimate of drug-likeness (QED) is 0.560. The molecule has 1 N–H and O–H groups in total. The number of rotatable bonds is 8. The zero-order valence-corrected chi connectivity index (χ0v) is 16.7. The molecule has 0 fully saturated rings. The third-order valence-corrected chi connectivity index (χ3v) is 5.64. The van der Waals surface area contributed by atoms with Gasteiger partial charge in [0.1, 0.15) is 11.6 Å². The number of hydrogen-bond donors (Lipinski definition) is 1. The van der Waals surface area contributed by atoms with Crippen molar-refractivity contribution in [1.82, 2.24) is 4.90 Å². The summed E-state index contributed by atoms with van der Waals surface area (Å²) in [5.74, 6) is 2.40. The lowest BCUT2D eigenvalue weighted by Crippen LogP contribution is -2.32. The van der Waals surface area contributed by atoms with Gasteiger partial charge in [-0.1, -0.05) is 18.1 Å². The number of anilines is 1. The zero-order chi connectivity index (χ0) is 21.6. The van der Waals surface area contributed by atoms with Gasteiger partial charge in [-0.3, -0.25) is 9.52 Å². The van der Waals surface area contributed by atoms with E-state index in [9.17, 15) is 17.6 Å². The molecule has 1 heterocycles. The van der Waals surface area contributed by atoms with Crippen LogP contribution in [0.25, 0.3) is 0 Å². The lowest BCUT2D eigenvalue weighted by molar-refractivity contribution is -0.130. The lowest BCUT2D eigenvalue weighted by Gasteiger charge is -2.19. The molecule has 1 amide bonds. The number of nitrogens with zero attached hydrogens (tertiary/aromatic N) is 1. The molecule has 2 aromatic carbocycles. The maximum atomic E-state index is 13.0. The Balaban J connectivity index is 1.65. The molecule has 154 valence electrons. The van der Waals surface area contributed by atoms with Crippen LogP contribution in [0.1, 0.15) is 11.3 Å². The van der Waals surface area contributed by atoms with Crippen molar-refractivity contribution in [3.63, 3.8) is 0 Å². The first-order valence-corrected chi connectivity index (χ1v) is 10.5. The van der Waals surface area contributed by atoms with Crippen LogP contribution in [-0.4, -0.2) is 25.8 Å². The van der Waals surface area contributed by atoms with Crippen molar-refractivity contribution in [2.45, 2.75) is 17.9 Å². The Hall–Kier alpha value is -3.57. The summed E-state index contributed by atoms with van der Waals surface area (Å²) in [4.78, 5) is 14.1. The van der Waals surface area contributed by atoms with Gasteiger partial charge in [0, 0.05) is 5.69 Å². The average Bonchev–Trinajstić information content (AvgIpc) is 3.22. The van der Waals surface area contributed by atoms with E-state index in [1.54, 1.807) is 36.4 Å². The van der Waals surface area contributed by atoms with E-state index in [2.05, 4.69) is 10.6 Å². The summed E-state index contributed by atoms with van der Waals surface area (Å²) in [5, 5.41) is 0. The first kappa shape index (κ1) is 21.1. The third kappa shape index (κ3) is 5.49. The summed E-state index contributed by atoms with van der Waals surface area (Å²) in [6, 6.07) is 14.4. The van der Waals surface area contributed by atoms with Crippen LogP contribution < -0.4 is 4.72 Å². The Kier molecular flexibility index (Phi) is 6.54. The molecule has 0 atom stereocenters. The second-order valence-electron chi connectivity index (χ2n) is 6.47. The highest BCUT2D eigenvalue weighted by Gasteiger charge is 2.16. The molecule has 0 aliphatic carbocycles. The van der Waals surface area contributed by atoms with Gasteiger partial charge in [-0.05, 0) is 54.1 Å². The Morgan fingerprint density at radius 1 is 1.10 bits per heavy atom. The summed E-state index contributed by atoms with van der Waals surface area (Å²) in [5.41, 5.74) is 1.03. The Morgan fingerprint density at radius 2 is 1.80 bits per heavy atom. The van der Waals surface area contributed by atoms with Gasteiger partial charge in [0.2, 0.25) is 5.91 Å². The minimum atomic E-state index is -3.84. The topological polar surface area (TPSA) is 79.6 Å². The standard InChI is InChI=1S/C22H19FN2O4S/c1-2-13-25(16-20-4-3-14-29-20)22(26)15-17-5-9-19(10-6-17)24-30(27,28)21-11-7-18(23)8-12-21/h1,3-12,14,24H,13,15-16H2. The Labute approximate surface area is 174 Å². The highest BCUT2D eigenvalue weighted by atomic mass is 32.2. The minimum Gasteiger partial charge on any atom is -0.467 e. The van der Waals surface area contributed by atoms with Crippen LogP contribution >= 0.6 is 0 Å². The minimum absolute atomic E-state index is 0.0500. The van der Waals surface area contributed by atoms with Gasteiger partial charge in [-0.25, -0.2) is 12.8 Å². The normalized spacial score (nSPS) is 10.9. The number of carbonyl (C=O) groups is 1. The Bertz CT molecular complexity index is 1130. The van der Waals surface area contributed by atoms with Crippen LogP contribution in [0.3, 0.4) is 0 Å². The van der Waals surface area contributed by atoms with Crippen molar-refractivity contribution in [2.75, 3.05) is 11.3 Å². The molecule has 30 heavy (non-hydrogen) atoms. The highest BCUT2D eigenvalue weighted by molar-refractivity contribution is 7.92. The summed E-state index contributed by atoms with van der Waals surface area (Å²) in [7, 11) is -3.84. The highest BCUT2D eigenvalue weighted by Crippen LogP contribution is 2.18. The van der Waals surface area contributed by atoms with Crippen LogP contribution in [0.5, 0.6) is 0 Å². The average molecular weight is 426 g/mol. The van der Waals surface area contributed by atoms with Crippen molar-refractivity contribution in [2.24, 2.45) is 0 Å². The van der Waals surface area contributed by atoms with Crippen molar-refractivity contribution >= 4 is 21.6 Å². The van der Waals surface area contributed by atoms with E-state index in [-0.39, 0.29) is 30.3 Å². The van der Waals surface area contributed by atoms with Crippen molar-refractivity contribution in [3.05, 3.63) is 84.1 Å². The molecule has 6 nitrogen and oxygen atoms in total. The number of benzene rings is 2.